The van der Waals surface area contributed by atoms with Crippen molar-refractivity contribution in [3.63, 3.8) is 0 Å². The first kappa shape index (κ1) is 11.2. The molecule has 1 aromatic heterocycles. The molecule has 0 bridgehead atoms. The molecule has 2 N–H and O–H groups in total. The fourth-order valence-corrected chi connectivity index (χ4v) is 2.72. The molecule has 0 aliphatic heterocycles. The molecule has 1 aromatic carbocycles. The second-order valence-electron chi connectivity index (χ2n) is 4.84. The van der Waals surface area contributed by atoms with E-state index in [1.54, 1.807) is 0 Å². The summed E-state index contributed by atoms with van der Waals surface area (Å²) >= 11 is 0. The van der Waals surface area contributed by atoms with Crippen molar-refractivity contribution >= 4 is 5.82 Å². The van der Waals surface area contributed by atoms with E-state index in [0.29, 0.717) is 11.7 Å². The van der Waals surface area contributed by atoms with E-state index in [1.807, 2.05) is 6.92 Å². The van der Waals surface area contributed by atoms with Gasteiger partial charge in [0.1, 0.15) is 11.6 Å². The van der Waals surface area contributed by atoms with Gasteiger partial charge < -0.3 is 5.73 Å². The summed E-state index contributed by atoms with van der Waals surface area (Å²) in [6.45, 7) is 4.10. The van der Waals surface area contributed by atoms with Gasteiger partial charge in [0.2, 0.25) is 0 Å². The highest BCUT2D eigenvalue weighted by Crippen LogP contribution is 2.38. The Balaban J connectivity index is 2.01. The monoisotopic (exact) mass is 239 g/mol. The quantitative estimate of drug-likeness (QED) is 0.876. The lowest BCUT2D eigenvalue weighted by Crippen LogP contribution is -2.21. The van der Waals surface area contributed by atoms with Crippen molar-refractivity contribution in [2.45, 2.75) is 32.6 Å². The first-order valence-corrected chi connectivity index (χ1v) is 6.41. The summed E-state index contributed by atoms with van der Waals surface area (Å²) < 4.78 is 0. The van der Waals surface area contributed by atoms with Gasteiger partial charge in [-0.3, -0.25) is 0 Å². The first-order chi connectivity index (χ1) is 8.70. The molecule has 3 rings (SSSR count). The lowest BCUT2D eigenvalue weighted by molar-refractivity contribution is 0.655. The van der Waals surface area contributed by atoms with Crippen LogP contribution in [0.4, 0.5) is 5.82 Å². The third-order valence-electron chi connectivity index (χ3n) is 3.78. The van der Waals surface area contributed by atoms with E-state index in [1.165, 1.54) is 11.1 Å². The topological polar surface area (TPSA) is 51.8 Å². The highest BCUT2D eigenvalue weighted by atomic mass is 15.0. The molecule has 3 heteroatoms. The Morgan fingerprint density at radius 3 is 2.72 bits per heavy atom. The van der Waals surface area contributed by atoms with Crippen molar-refractivity contribution in [3.8, 4) is 0 Å². The third kappa shape index (κ3) is 1.58. The van der Waals surface area contributed by atoms with Gasteiger partial charge in [0.05, 0.1) is 0 Å². The third-order valence-corrected chi connectivity index (χ3v) is 3.78. The molecule has 0 saturated heterocycles. The van der Waals surface area contributed by atoms with Crippen molar-refractivity contribution in [2.75, 3.05) is 5.73 Å². The van der Waals surface area contributed by atoms with Crippen LogP contribution in [0.1, 0.15) is 41.1 Å². The van der Waals surface area contributed by atoms with Crippen LogP contribution in [0.2, 0.25) is 0 Å². The highest BCUT2D eigenvalue weighted by molar-refractivity contribution is 5.47. The van der Waals surface area contributed by atoms with Crippen molar-refractivity contribution < 1.29 is 0 Å². The average Bonchev–Trinajstić information content (AvgIpc) is 2.30. The number of hydrogen-bond acceptors (Lipinski definition) is 3. The van der Waals surface area contributed by atoms with E-state index in [-0.39, 0.29) is 0 Å². The zero-order valence-electron chi connectivity index (χ0n) is 10.8. The molecular weight excluding hydrogens is 222 g/mol. The number of anilines is 1. The van der Waals surface area contributed by atoms with Gasteiger partial charge in [0.15, 0.2) is 0 Å². The fraction of sp³-hybridized carbons (Fsp3) is 0.333. The maximum absolute atomic E-state index is 6.02. The fourth-order valence-electron chi connectivity index (χ4n) is 2.72. The Kier molecular flexibility index (Phi) is 2.54. The van der Waals surface area contributed by atoms with Gasteiger partial charge in [-0.1, -0.05) is 31.2 Å². The van der Waals surface area contributed by atoms with E-state index in [0.717, 1.165) is 29.9 Å². The average molecular weight is 239 g/mol. The number of hydrogen-bond donors (Lipinski definition) is 1. The number of nitrogens with two attached hydrogens (primary N) is 1. The maximum atomic E-state index is 6.02. The zero-order valence-corrected chi connectivity index (χ0v) is 10.8. The Labute approximate surface area is 107 Å². The number of benzene rings is 1. The van der Waals surface area contributed by atoms with Crippen LogP contribution in [0.3, 0.4) is 0 Å². The van der Waals surface area contributed by atoms with E-state index >= 15 is 0 Å². The molecule has 1 unspecified atom stereocenters. The van der Waals surface area contributed by atoms with Crippen molar-refractivity contribution in [1.82, 2.24) is 9.97 Å². The Hall–Kier alpha value is -1.90. The smallest absolute Gasteiger partial charge is 0.138 e. The molecule has 1 aliphatic carbocycles. The largest absolute Gasteiger partial charge is 0.383 e. The minimum absolute atomic E-state index is 0.327. The molecule has 0 fully saturated rings. The zero-order chi connectivity index (χ0) is 12.7. The summed E-state index contributed by atoms with van der Waals surface area (Å²) in [6.07, 6.45) is 1.92. The molecule has 0 spiro atoms. The number of nitrogen functional groups attached to an aromatic ring is 1. The molecule has 0 radical (unpaired) electrons. The lowest BCUT2D eigenvalue weighted by Gasteiger charge is -2.29. The van der Waals surface area contributed by atoms with E-state index in [9.17, 15) is 0 Å². The first-order valence-electron chi connectivity index (χ1n) is 6.41. The van der Waals surface area contributed by atoms with Crippen LogP contribution in [-0.4, -0.2) is 9.97 Å². The number of fused-ring (bicyclic) bond motifs is 1. The van der Waals surface area contributed by atoms with Gasteiger partial charge in [0, 0.05) is 17.2 Å². The summed E-state index contributed by atoms with van der Waals surface area (Å²) in [6, 6.07) is 8.48. The van der Waals surface area contributed by atoms with Crippen LogP contribution in [0, 0.1) is 6.92 Å². The predicted octanol–water partition coefficient (Wildman–Crippen LogP) is 2.62. The molecular formula is C15H17N3. The molecule has 0 amide bonds. The Morgan fingerprint density at radius 1 is 1.28 bits per heavy atom. The molecule has 1 atom stereocenters. The summed E-state index contributed by atoms with van der Waals surface area (Å²) in [5.74, 6) is 1.85. The summed E-state index contributed by atoms with van der Waals surface area (Å²) in [7, 11) is 0. The van der Waals surface area contributed by atoms with Gasteiger partial charge in [0.25, 0.3) is 0 Å². The van der Waals surface area contributed by atoms with Crippen molar-refractivity contribution in [1.29, 1.82) is 0 Å². The van der Waals surface area contributed by atoms with Gasteiger partial charge in [-0.15, -0.1) is 0 Å². The standard InChI is InChI=1S/C15H17N3/c1-3-11-9(2)17-15(18-14(11)16)13-8-10-6-4-5-7-12(10)13/h4-7,13H,3,8H2,1-2H3,(H2,16,17,18). The Morgan fingerprint density at radius 2 is 2.06 bits per heavy atom. The van der Waals surface area contributed by atoms with E-state index in [4.69, 9.17) is 5.73 Å². The summed E-state index contributed by atoms with van der Waals surface area (Å²) in [4.78, 5) is 9.13. The van der Waals surface area contributed by atoms with Gasteiger partial charge in [-0.25, -0.2) is 9.97 Å². The maximum Gasteiger partial charge on any atom is 0.138 e. The van der Waals surface area contributed by atoms with Gasteiger partial charge in [-0.05, 0) is 30.9 Å². The highest BCUT2D eigenvalue weighted by Gasteiger charge is 2.29. The molecule has 92 valence electrons. The van der Waals surface area contributed by atoms with E-state index < -0.39 is 0 Å². The lowest BCUT2D eigenvalue weighted by atomic mass is 9.77. The summed E-state index contributed by atoms with van der Waals surface area (Å²) in [5, 5.41) is 0. The van der Waals surface area contributed by atoms with Crippen LogP contribution in [-0.2, 0) is 12.8 Å². The van der Waals surface area contributed by atoms with E-state index in [2.05, 4.69) is 41.2 Å². The number of nitrogens with zero attached hydrogens (tertiary/aromatic N) is 2. The number of rotatable bonds is 2. The van der Waals surface area contributed by atoms with Crippen LogP contribution in [0.15, 0.2) is 24.3 Å². The minimum atomic E-state index is 0.327. The molecule has 1 aliphatic rings. The summed E-state index contributed by atoms with van der Waals surface area (Å²) in [5.41, 5.74) is 10.9. The van der Waals surface area contributed by atoms with Crippen LogP contribution in [0.25, 0.3) is 0 Å². The normalized spacial score (nSPS) is 17.1. The van der Waals surface area contributed by atoms with Gasteiger partial charge in [-0.2, -0.15) is 0 Å². The second-order valence-corrected chi connectivity index (χ2v) is 4.84. The molecule has 2 aromatic rings. The second kappa shape index (κ2) is 4.09. The van der Waals surface area contributed by atoms with Gasteiger partial charge >= 0.3 is 0 Å². The molecule has 18 heavy (non-hydrogen) atoms. The molecule has 1 heterocycles. The Bertz CT molecular complexity index is 581. The van der Waals surface area contributed by atoms with Crippen molar-refractivity contribution in [2.24, 2.45) is 0 Å². The minimum Gasteiger partial charge on any atom is -0.383 e. The number of aryl methyl sites for hydroxylation is 1. The van der Waals surface area contributed by atoms with Crippen LogP contribution < -0.4 is 5.73 Å². The predicted molar refractivity (Wildman–Crippen MR) is 72.5 cm³/mol. The van der Waals surface area contributed by atoms with Crippen molar-refractivity contribution in [3.05, 3.63) is 52.5 Å². The molecule has 0 saturated carbocycles. The number of aromatic nitrogens is 2. The SMILES string of the molecule is CCc1c(C)nc(C2Cc3ccccc32)nc1N. The van der Waals surface area contributed by atoms with Crippen LogP contribution >= 0.6 is 0 Å². The van der Waals surface area contributed by atoms with Crippen LogP contribution in [0.5, 0.6) is 0 Å². The molecule has 3 nitrogen and oxygen atoms in total.